The molecule has 138 valence electrons. The molecule has 0 bridgehead atoms. The van der Waals surface area contributed by atoms with Crippen LogP contribution < -0.4 is 5.32 Å². The van der Waals surface area contributed by atoms with E-state index in [-0.39, 0.29) is 16.7 Å². The van der Waals surface area contributed by atoms with Gasteiger partial charge in [-0.1, -0.05) is 12.1 Å². The quantitative estimate of drug-likeness (QED) is 0.779. The Bertz CT molecular complexity index is 866. The Hall–Kier alpha value is -1.77. The number of sulfonamides is 1. The normalized spacial score (nSPS) is 16.3. The molecule has 6 nitrogen and oxygen atoms in total. The first-order chi connectivity index (χ1) is 12.5. The Labute approximate surface area is 161 Å². The van der Waals surface area contributed by atoms with E-state index in [2.05, 4.69) is 26.2 Å². The summed E-state index contributed by atoms with van der Waals surface area (Å²) in [6.45, 7) is 1.44. The highest BCUT2D eigenvalue weighted by atomic mass is 79.9. The Balaban J connectivity index is 1.53. The summed E-state index contributed by atoms with van der Waals surface area (Å²) >= 11 is 3.38. The van der Waals surface area contributed by atoms with Crippen LogP contribution >= 0.6 is 15.9 Å². The van der Waals surface area contributed by atoms with Gasteiger partial charge >= 0.3 is 0 Å². The largest absolute Gasteiger partial charge is 0.352 e. The summed E-state index contributed by atoms with van der Waals surface area (Å²) in [5, 5.41) is 2.95. The molecule has 3 rings (SSSR count). The van der Waals surface area contributed by atoms with Gasteiger partial charge in [0, 0.05) is 36.5 Å². The van der Waals surface area contributed by atoms with Crippen molar-refractivity contribution in [2.75, 3.05) is 19.6 Å². The van der Waals surface area contributed by atoms with Gasteiger partial charge in [-0.25, -0.2) is 8.42 Å². The third-order valence-corrected chi connectivity index (χ3v) is 7.09. The minimum Gasteiger partial charge on any atom is -0.352 e. The summed E-state index contributed by atoms with van der Waals surface area (Å²) in [5.74, 6) is 0.143. The number of nitrogens with zero attached hydrogens (tertiary/aromatic N) is 2. The number of carbonyl (C=O) groups is 1. The monoisotopic (exact) mass is 437 g/mol. The van der Waals surface area contributed by atoms with E-state index in [9.17, 15) is 13.2 Å². The van der Waals surface area contributed by atoms with E-state index >= 15 is 0 Å². The van der Waals surface area contributed by atoms with Gasteiger partial charge in [0.1, 0.15) is 4.90 Å². The standard InChI is InChI=1S/C18H20BrN3O3S/c19-17-6-2-1-5-16(17)18(23)21-12-14-7-10-22(11-8-14)26(24,25)15-4-3-9-20-13-15/h1-6,9,13-14H,7-8,10-12H2,(H,21,23). The molecular weight excluding hydrogens is 418 g/mol. The van der Waals surface area contributed by atoms with Gasteiger partial charge in [0.15, 0.2) is 0 Å². The van der Waals surface area contributed by atoms with Crippen molar-refractivity contribution < 1.29 is 13.2 Å². The van der Waals surface area contributed by atoms with Crippen molar-refractivity contribution in [3.05, 3.63) is 58.8 Å². The Morgan fingerprint density at radius 1 is 1.19 bits per heavy atom. The molecule has 0 atom stereocenters. The predicted molar refractivity (Wildman–Crippen MR) is 102 cm³/mol. The molecule has 1 amide bonds. The zero-order valence-electron chi connectivity index (χ0n) is 14.1. The van der Waals surface area contributed by atoms with Crippen molar-refractivity contribution >= 4 is 31.9 Å². The fourth-order valence-corrected chi connectivity index (χ4v) is 4.88. The maximum atomic E-state index is 12.6. The summed E-state index contributed by atoms with van der Waals surface area (Å²) in [6.07, 6.45) is 4.36. The number of carbonyl (C=O) groups excluding carboxylic acids is 1. The van der Waals surface area contributed by atoms with Crippen LogP contribution in [0.5, 0.6) is 0 Å². The number of piperidine rings is 1. The van der Waals surface area contributed by atoms with E-state index in [0.717, 1.165) is 17.3 Å². The number of hydrogen-bond donors (Lipinski definition) is 1. The van der Waals surface area contributed by atoms with E-state index in [1.165, 1.54) is 10.5 Å². The first kappa shape index (κ1) is 19.0. The van der Waals surface area contributed by atoms with Crippen LogP contribution in [0, 0.1) is 5.92 Å². The van der Waals surface area contributed by atoms with Crippen molar-refractivity contribution in [2.45, 2.75) is 17.7 Å². The summed E-state index contributed by atoms with van der Waals surface area (Å²) in [7, 11) is -3.49. The highest BCUT2D eigenvalue weighted by molar-refractivity contribution is 9.10. The number of halogens is 1. The molecule has 8 heteroatoms. The van der Waals surface area contributed by atoms with Gasteiger partial charge in [-0.3, -0.25) is 9.78 Å². The van der Waals surface area contributed by atoms with E-state index in [0.29, 0.717) is 25.2 Å². The first-order valence-corrected chi connectivity index (χ1v) is 10.6. The summed E-state index contributed by atoms with van der Waals surface area (Å²) in [4.78, 5) is 16.4. The summed E-state index contributed by atoms with van der Waals surface area (Å²) in [6, 6.07) is 10.5. The molecule has 0 radical (unpaired) electrons. The topological polar surface area (TPSA) is 79.4 Å². The molecule has 26 heavy (non-hydrogen) atoms. The Morgan fingerprint density at radius 3 is 2.58 bits per heavy atom. The lowest BCUT2D eigenvalue weighted by Crippen LogP contribution is -2.41. The molecule has 0 spiro atoms. The van der Waals surface area contributed by atoms with Crippen molar-refractivity contribution in [3.63, 3.8) is 0 Å². The van der Waals surface area contributed by atoms with Crippen molar-refractivity contribution in [3.8, 4) is 0 Å². The SMILES string of the molecule is O=C(NCC1CCN(S(=O)(=O)c2cccnc2)CC1)c1ccccc1Br. The maximum absolute atomic E-state index is 12.6. The molecule has 1 aliphatic rings. The van der Waals surface area contributed by atoms with Crippen molar-refractivity contribution in [1.82, 2.24) is 14.6 Å². The number of amides is 1. The van der Waals surface area contributed by atoms with E-state index in [1.807, 2.05) is 18.2 Å². The molecule has 1 aromatic carbocycles. The van der Waals surface area contributed by atoms with Crippen LogP contribution in [-0.2, 0) is 10.0 Å². The molecule has 0 saturated carbocycles. The van der Waals surface area contributed by atoms with Gasteiger partial charge in [-0.2, -0.15) is 4.31 Å². The van der Waals surface area contributed by atoms with Crippen LogP contribution in [0.1, 0.15) is 23.2 Å². The number of pyridine rings is 1. The molecule has 0 unspecified atom stereocenters. The average Bonchev–Trinajstić information content (AvgIpc) is 2.67. The molecule has 1 saturated heterocycles. The number of rotatable bonds is 5. The van der Waals surface area contributed by atoms with E-state index in [1.54, 1.807) is 24.4 Å². The highest BCUT2D eigenvalue weighted by Gasteiger charge is 2.29. The lowest BCUT2D eigenvalue weighted by molar-refractivity contribution is 0.0940. The van der Waals surface area contributed by atoms with E-state index in [4.69, 9.17) is 0 Å². The zero-order chi connectivity index (χ0) is 18.6. The molecule has 1 aliphatic heterocycles. The minimum absolute atomic E-state index is 0.122. The number of benzene rings is 1. The third-order valence-electron chi connectivity index (χ3n) is 4.52. The average molecular weight is 438 g/mol. The molecule has 1 N–H and O–H groups in total. The second-order valence-electron chi connectivity index (χ2n) is 6.23. The highest BCUT2D eigenvalue weighted by Crippen LogP contribution is 2.23. The minimum atomic E-state index is -3.49. The Kier molecular flexibility index (Phi) is 6.05. The smallest absolute Gasteiger partial charge is 0.252 e. The third kappa shape index (κ3) is 4.31. The van der Waals surface area contributed by atoms with Crippen LogP contribution in [0.2, 0.25) is 0 Å². The van der Waals surface area contributed by atoms with Crippen LogP contribution in [0.3, 0.4) is 0 Å². The molecule has 1 fully saturated rings. The van der Waals surface area contributed by atoms with Gasteiger partial charge in [0.2, 0.25) is 10.0 Å². The second-order valence-corrected chi connectivity index (χ2v) is 9.02. The van der Waals surface area contributed by atoms with Crippen molar-refractivity contribution in [1.29, 1.82) is 0 Å². The molecular formula is C18H20BrN3O3S. The lowest BCUT2D eigenvalue weighted by Gasteiger charge is -2.31. The van der Waals surface area contributed by atoms with Gasteiger partial charge in [-0.15, -0.1) is 0 Å². The van der Waals surface area contributed by atoms with Crippen LogP contribution in [-0.4, -0.2) is 43.2 Å². The zero-order valence-corrected chi connectivity index (χ0v) is 16.5. The van der Waals surface area contributed by atoms with Gasteiger partial charge in [0.05, 0.1) is 5.56 Å². The van der Waals surface area contributed by atoms with Gasteiger partial charge in [-0.05, 0) is 59.0 Å². The first-order valence-electron chi connectivity index (χ1n) is 8.41. The molecule has 0 aliphatic carbocycles. The molecule has 2 heterocycles. The fourth-order valence-electron chi connectivity index (χ4n) is 2.98. The van der Waals surface area contributed by atoms with Gasteiger partial charge < -0.3 is 5.32 Å². The van der Waals surface area contributed by atoms with Crippen molar-refractivity contribution in [2.24, 2.45) is 5.92 Å². The maximum Gasteiger partial charge on any atom is 0.252 e. The number of hydrogen-bond acceptors (Lipinski definition) is 4. The predicted octanol–water partition coefficient (Wildman–Crippen LogP) is 2.67. The van der Waals surface area contributed by atoms with Crippen LogP contribution in [0.15, 0.2) is 58.2 Å². The second kappa shape index (κ2) is 8.28. The van der Waals surface area contributed by atoms with E-state index < -0.39 is 10.0 Å². The number of aromatic nitrogens is 1. The molecule has 1 aromatic heterocycles. The number of nitrogens with one attached hydrogen (secondary N) is 1. The molecule has 2 aromatic rings. The lowest BCUT2D eigenvalue weighted by atomic mass is 9.98. The summed E-state index contributed by atoms with van der Waals surface area (Å²) in [5.41, 5.74) is 0.601. The van der Waals surface area contributed by atoms with Crippen LogP contribution in [0.25, 0.3) is 0 Å². The van der Waals surface area contributed by atoms with Crippen LogP contribution in [0.4, 0.5) is 0 Å². The Morgan fingerprint density at radius 2 is 1.92 bits per heavy atom. The fraction of sp³-hybridized carbons (Fsp3) is 0.333. The summed E-state index contributed by atoms with van der Waals surface area (Å²) < 4.78 is 27.4. The van der Waals surface area contributed by atoms with Gasteiger partial charge in [0.25, 0.3) is 5.91 Å².